The fraction of sp³-hybridized carbons (Fsp3) is 0.149. The van der Waals surface area contributed by atoms with Crippen LogP contribution in [0.5, 0.6) is 0 Å². The van der Waals surface area contributed by atoms with Gasteiger partial charge in [-0.2, -0.15) is 0 Å². The Labute approximate surface area is 292 Å². The number of nitrogens with zero attached hydrogens (tertiary/aromatic N) is 1. The fourth-order valence-corrected chi connectivity index (χ4v) is 10.2. The van der Waals surface area contributed by atoms with Gasteiger partial charge in [-0.25, -0.2) is 0 Å². The molecule has 0 saturated heterocycles. The fourth-order valence-electron chi connectivity index (χ4n) is 9.16. The van der Waals surface area contributed by atoms with Crippen LogP contribution in [-0.2, 0) is 5.41 Å². The van der Waals surface area contributed by atoms with Crippen molar-refractivity contribution in [3.05, 3.63) is 163 Å². The number of hydrogen-bond acceptors (Lipinski definition) is 2. The van der Waals surface area contributed by atoms with Gasteiger partial charge in [0.2, 0.25) is 0 Å². The predicted octanol–water partition coefficient (Wildman–Crippen LogP) is 13.8. The van der Waals surface area contributed by atoms with Gasteiger partial charge in [0.1, 0.15) is 0 Å². The van der Waals surface area contributed by atoms with Gasteiger partial charge in [-0.1, -0.05) is 115 Å². The summed E-state index contributed by atoms with van der Waals surface area (Å²) in [6, 6.07) is 58.8. The van der Waals surface area contributed by atoms with Crippen molar-refractivity contribution in [3.8, 4) is 22.3 Å². The molecule has 1 heterocycles. The largest absolute Gasteiger partial charge is 0.310 e. The van der Waals surface area contributed by atoms with Gasteiger partial charge in [0.05, 0.1) is 5.69 Å². The minimum Gasteiger partial charge on any atom is -0.310 e. The van der Waals surface area contributed by atoms with E-state index in [0.29, 0.717) is 5.41 Å². The van der Waals surface area contributed by atoms with Crippen molar-refractivity contribution in [2.24, 2.45) is 5.92 Å². The molecule has 0 unspecified atom stereocenters. The minimum absolute atomic E-state index is 0.386. The van der Waals surface area contributed by atoms with Crippen LogP contribution in [0.2, 0.25) is 0 Å². The van der Waals surface area contributed by atoms with Crippen molar-refractivity contribution in [1.29, 1.82) is 0 Å². The molecule has 1 nitrogen and oxygen atoms in total. The molecule has 2 heteroatoms. The maximum Gasteiger partial charge on any atom is 0.0540 e. The van der Waals surface area contributed by atoms with E-state index in [1.807, 2.05) is 11.3 Å². The summed E-state index contributed by atoms with van der Waals surface area (Å²) < 4.78 is 2.66. The minimum atomic E-state index is 0.386. The Morgan fingerprint density at radius 2 is 1.20 bits per heavy atom. The summed E-state index contributed by atoms with van der Waals surface area (Å²) in [6.07, 6.45) is 6.84. The van der Waals surface area contributed by atoms with Gasteiger partial charge in [-0.3, -0.25) is 0 Å². The molecule has 0 spiro atoms. The van der Waals surface area contributed by atoms with Gasteiger partial charge in [-0.15, -0.1) is 11.3 Å². The number of thiophene rings is 1. The molecule has 0 N–H and O–H groups in total. The molecule has 2 aliphatic rings. The molecule has 2 fully saturated rings. The lowest BCUT2D eigenvalue weighted by atomic mass is 9.78. The first-order valence-corrected chi connectivity index (χ1v) is 18.5. The van der Waals surface area contributed by atoms with E-state index in [2.05, 4.69) is 163 Å². The van der Waals surface area contributed by atoms with Crippen molar-refractivity contribution >= 4 is 59.3 Å². The second-order valence-electron chi connectivity index (χ2n) is 14.2. The Balaban J connectivity index is 1.19. The molecule has 236 valence electrons. The highest BCUT2D eigenvalue weighted by molar-refractivity contribution is 7.25. The summed E-state index contributed by atoms with van der Waals surface area (Å²) in [5.41, 5.74) is 10.5. The molecule has 0 amide bonds. The SMILES string of the molecule is c1ccc(-c2cccc3cccc(-c4ccccc4N(c4ccc(C56CCC(CC5)C6)cc4)c4ccc5sc6ccccc6c5c4)c23)cc1. The van der Waals surface area contributed by atoms with Crippen LogP contribution in [0, 0.1) is 5.92 Å². The molecule has 0 atom stereocenters. The molecular weight excluding hydrogens is 611 g/mol. The highest BCUT2D eigenvalue weighted by Gasteiger charge is 2.45. The first kappa shape index (κ1) is 28.8. The Kier molecular flexibility index (Phi) is 6.74. The third kappa shape index (κ3) is 4.73. The van der Waals surface area contributed by atoms with E-state index in [1.54, 1.807) is 0 Å². The first-order valence-electron chi connectivity index (χ1n) is 17.7. The van der Waals surface area contributed by atoms with Crippen molar-refractivity contribution in [2.45, 2.75) is 37.5 Å². The molecule has 8 aromatic rings. The Morgan fingerprint density at radius 1 is 0.531 bits per heavy atom. The third-order valence-corrected chi connectivity index (χ3v) is 12.7. The smallest absolute Gasteiger partial charge is 0.0540 e. The van der Waals surface area contributed by atoms with Crippen LogP contribution in [0.1, 0.15) is 37.7 Å². The molecule has 0 aliphatic heterocycles. The number of benzene rings is 7. The lowest BCUT2D eigenvalue weighted by Crippen LogP contribution is -2.19. The molecule has 1 aromatic heterocycles. The Hall–Kier alpha value is -5.18. The number of anilines is 3. The summed E-state index contributed by atoms with van der Waals surface area (Å²) in [7, 11) is 0. The Morgan fingerprint density at radius 3 is 2.00 bits per heavy atom. The lowest BCUT2D eigenvalue weighted by molar-refractivity contribution is 0.419. The maximum absolute atomic E-state index is 2.50. The normalized spacial score (nSPS) is 18.5. The van der Waals surface area contributed by atoms with E-state index >= 15 is 0 Å². The number of para-hydroxylation sites is 1. The molecule has 7 aromatic carbocycles. The van der Waals surface area contributed by atoms with Crippen LogP contribution in [-0.4, -0.2) is 0 Å². The number of fused-ring (bicyclic) bond motifs is 6. The number of rotatable bonds is 6. The monoisotopic (exact) mass is 647 g/mol. The molecule has 10 rings (SSSR count). The van der Waals surface area contributed by atoms with Crippen molar-refractivity contribution in [3.63, 3.8) is 0 Å². The van der Waals surface area contributed by atoms with Crippen LogP contribution in [0.3, 0.4) is 0 Å². The summed E-state index contributed by atoms with van der Waals surface area (Å²) in [4.78, 5) is 2.50. The standard InChI is InChI=1S/C47H37NS/c1-2-10-33(11-3-1)38-16-8-12-34-13-9-17-41(46(34)38)39-14-4-6-18-43(39)48(36-22-20-35(21-23-36)47-28-26-32(31-47)27-29-47)37-24-25-45-42(30-37)40-15-5-7-19-44(40)49-45/h1-25,30,32H,26-29,31H2. The van der Waals surface area contributed by atoms with Crippen LogP contribution < -0.4 is 4.90 Å². The Bertz CT molecular complexity index is 2480. The van der Waals surface area contributed by atoms with Crippen molar-refractivity contribution in [2.75, 3.05) is 4.90 Å². The van der Waals surface area contributed by atoms with Gasteiger partial charge in [0.25, 0.3) is 0 Å². The van der Waals surface area contributed by atoms with Crippen LogP contribution in [0.25, 0.3) is 53.2 Å². The molecular formula is C47H37NS. The molecule has 2 aliphatic carbocycles. The summed E-state index contributed by atoms with van der Waals surface area (Å²) in [5.74, 6) is 0.927. The van der Waals surface area contributed by atoms with Crippen LogP contribution in [0.4, 0.5) is 17.1 Å². The number of hydrogen-bond donors (Lipinski definition) is 0. The van der Waals surface area contributed by atoms with E-state index in [-0.39, 0.29) is 0 Å². The second kappa shape index (κ2) is 11.5. The first-order chi connectivity index (χ1) is 24.2. The predicted molar refractivity (Wildman–Crippen MR) is 211 cm³/mol. The van der Waals surface area contributed by atoms with E-state index in [4.69, 9.17) is 0 Å². The summed E-state index contributed by atoms with van der Waals surface area (Å²) >= 11 is 1.88. The van der Waals surface area contributed by atoms with E-state index in [0.717, 1.165) is 5.92 Å². The van der Waals surface area contributed by atoms with E-state index in [1.165, 1.54) is 108 Å². The highest BCUT2D eigenvalue weighted by atomic mass is 32.1. The molecule has 0 radical (unpaired) electrons. The van der Waals surface area contributed by atoms with Gasteiger partial charge in [0.15, 0.2) is 0 Å². The van der Waals surface area contributed by atoms with Crippen LogP contribution in [0.15, 0.2) is 158 Å². The zero-order valence-electron chi connectivity index (χ0n) is 27.5. The average molecular weight is 648 g/mol. The van der Waals surface area contributed by atoms with Crippen molar-refractivity contribution in [1.82, 2.24) is 0 Å². The topological polar surface area (TPSA) is 3.24 Å². The second-order valence-corrected chi connectivity index (χ2v) is 15.3. The zero-order valence-corrected chi connectivity index (χ0v) is 28.3. The zero-order chi connectivity index (χ0) is 32.4. The van der Waals surface area contributed by atoms with Gasteiger partial charge in [-0.05, 0) is 119 Å². The third-order valence-electron chi connectivity index (χ3n) is 11.5. The maximum atomic E-state index is 2.50. The quantitative estimate of drug-likeness (QED) is 0.174. The van der Waals surface area contributed by atoms with Crippen LogP contribution >= 0.6 is 11.3 Å². The van der Waals surface area contributed by atoms with Gasteiger partial charge >= 0.3 is 0 Å². The average Bonchev–Trinajstić information content (AvgIpc) is 3.90. The summed E-state index contributed by atoms with van der Waals surface area (Å²) in [5, 5.41) is 5.18. The molecule has 2 saturated carbocycles. The molecule has 2 bridgehead atoms. The molecule has 49 heavy (non-hydrogen) atoms. The summed E-state index contributed by atoms with van der Waals surface area (Å²) in [6.45, 7) is 0. The van der Waals surface area contributed by atoms with E-state index < -0.39 is 0 Å². The van der Waals surface area contributed by atoms with Gasteiger partial charge in [0, 0.05) is 37.1 Å². The van der Waals surface area contributed by atoms with E-state index in [9.17, 15) is 0 Å². The van der Waals surface area contributed by atoms with Crippen molar-refractivity contribution < 1.29 is 0 Å². The van der Waals surface area contributed by atoms with Gasteiger partial charge < -0.3 is 4.90 Å². The highest BCUT2D eigenvalue weighted by Crippen LogP contribution is 2.56. The lowest BCUT2D eigenvalue weighted by Gasteiger charge is -2.30.